The highest BCUT2D eigenvalue weighted by atomic mass is 35.5. The van der Waals surface area contributed by atoms with Crippen molar-refractivity contribution >= 4 is 33.0 Å². The van der Waals surface area contributed by atoms with Crippen LogP contribution in [-0.2, 0) is 16.6 Å². The molecule has 0 fully saturated rings. The van der Waals surface area contributed by atoms with Crippen molar-refractivity contribution in [3.8, 4) is 0 Å². The van der Waals surface area contributed by atoms with Gasteiger partial charge in [0.1, 0.15) is 16.4 Å². The highest BCUT2D eigenvalue weighted by Gasteiger charge is 2.31. The van der Waals surface area contributed by atoms with Gasteiger partial charge in [-0.05, 0) is 23.6 Å². The zero-order chi connectivity index (χ0) is 20.1. The van der Waals surface area contributed by atoms with Gasteiger partial charge in [-0.15, -0.1) is 11.3 Å². The maximum atomic E-state index is 12.9. The number of nitrogens with one attached hydrogen (secondary N) is 1. The molecule has 0 spiro atoms. The summed E-state index contributed by atoms with van der Waals surface area (Å²) in [5.74, 6) is 0.702. The molecular weight excluding hydrogens is 416 g/mol. The van der Waals surface area contributed by atoms with Gasteiger partial charge in [0.25, 0.3) is 10.0 Å². The van der Waals surface area contributed by atoms with E-state index in [1.54, 1.807) is 10.7 Å². The molecule has 0 aliphatic heterocycles. The number of thiophene rings is 1. The molecule has 1 unspecified atom stereocenters. The lowest BCUT2D eigenvalue weighted by Gasteiger charge is -2.25. The van der Waals surface area contributed by atoms with Gasteiger partial charge in [0.2, 0.25) is 0 Å². The number of sulfonamides is 1. The molecular formula is C19H23ClN4O2S2. The fourth-order valence-corrected chi connectivity index (χ4v) is 5.94. The minimum atomic E-state index is -3.72. The molecule has 2 aromatic heterocycles. The fraction of sp³-hybridized carbons (Fsp3) is 0.368. The maximum absolute atomic E-state index is 12.9. The third-order valence-electron chi connectivity index (χ3n) is 4.71. The number of hydrogen-bond acceptors (Lipinski definition) is 5. The second kappa shape index (κ2) is 9.17. The molecule has 1 N–H and O–H groups in total. The Labute approximate surface area is 174 Å². The summed E-state index contributed by atoms with van der Waals surface area (Å²) in [6.07, 6.45) is 3.10. The summed E-state index contributed by atoms with van der Waals surface area (Å²) in [6.45, 7) is 4.63. The number of nitrogens with zero attached hydrogens (tertiary/aromatic N) is 3. The van der Waals surface area contributed by atoms with E-state index < -0.39 is 16.1 Å². The van der Waals surface area contributed by atoms with Crippen LogP contribution in [0.3, 0.4) is 0 Å². The second-order valence-electron chi connectivity index (χ2n) is 6.50. The van der Waals surface area contributed by atoms with Gasteiger partial charge in [0.15, 0.2) is 0 Å². The highest BCUT2D eigenvalue weighted by molar-refractivity contribution is 7.91. The summed E-state index contributed by atoms with van der Waals surface area (Å²) in [4.78, 5) is 4.41. The van der Waals surface area contributed by atoms with Crippen molar-refractivity contribution < 1.29 is 8.42 Å². The Balaban J connectivity index is 1.94. The summed E-state index contributed by atoms with van der Waals surface area (Å²) in [6, 6.07) is 12.5. The summed E-state index contributed by atoms with van der Waals surface area (Å²) < 4.78 is 31.1. The number of rotatable bonds is 9. The lowest BCUT2D eigenvalue weighted by atomic mass is 9.94. The summed E-state index contributed by atoms with van der Waals surface area (Å²) in [5.41, 5.74) is 1.07. The van der Waals surface area contributed by atoms with Crippen LogP contribution in [0.2, 0.25) is 4.34 Å². The highest BCUT2D eigenvalue weighted by Crippen LogP contribution is 2.31. The van der Waals surface area contributed by atoms with E-state index in [4.69, 9.17) is 11.6 Å². The molecule has 1 aromatic carbocycles. The fourth-order valence-electron chi connectivity index (χ4n) is 3.18. The first-order valence-electron chi connectivity index (χ1n) is 9.13. The topological polar surface area (TPSA) is 76.9 Å². The van der Waals surface area contributed by atoms with Crippen molar-refractivity contribution in [1.82, 2.24) is 19.5 Å². The molecule has 9 heteroatoms. The minimum Gasteiger partial charge on any atom is -0.244 e. The predicted molar refractivity (Wildman–Crippen MR) is 112 cm³/mol. The standard InChI is InChI=1S/C19H23ClN4O2S2/c1-3-15(4-2)18(23-28(25,26)17-11-10-16(20)27-17)19-21-13-22-24(19)12-14-8-6-5-7-9-14/h5-11,13,15,18,23H,3-4,12H2,1-2H3. The molecule has 0 saturated heterocycles. The molecule has 0 radical (unpaired) electrons. The molecule has 0 bridgehead atoms. The summed E-state index contributed by atoms with van der Waals surface area (Å²) >= 11 is 6.97. The average molecular weight is 439 g/mol. The Hall–Kier alpha value is -1.74. The Kier molecular flexibility index (Phi) is 6.87. The Morgan fingerprint density at radius 3 is 2.46 bits per heavy atom. The molecule has 0 saturated carbocycles. The molecule has 0 amide bonds. The van der Waals surface area contributed by atoms with Gasteiger partial charge in [-0.3, -0.25) is 0 Å². The smallest absolute Gasteiger partial charge is 0.244 e. The first-order chi connectivity index (χ1) is 13.4. The van der Waals surface area contributed by atoms with E-state index in [1.807, 2.05) is 30.3 Å². The van der Waals surface area contributed by atoms with Crippen LogP contribution in [0, 0.1) is 5.92 Å². The Bertz CT molecular complexity index is 998. The first-order valence-corrected chi connectivity index (χ1v) is 11.8. The van der Waals surface area contributed by atoms with Crippen LogP contribution in [0.1, 0.15) is 44.1 Å². The van der Waals surface area contributed by atoms with E-state index in [9.17, 15) is 8.42 Å². The zero-order valence-corrected chi connectivity index (χ0v) is 18.1. The van der Waals surface area contributed by atoms with Crippen molar-refractivity contribution in [2.75, 3.05) is 0 Å². The molecule has 150 valence electrons. The zero-order valence-electron chi connectivity index (χ0n) is 15.7. The normalized spacial score (nSPS) is 13.1. The second-order valence-corrected chi connectivity index (χ2v) is 10.2. The van der Waals surface area contributed by atoms with Crippen LogP contribution >= 0.6 is 22.9 Å². The van der Waals surface area contributed by atoms with Crippen molar-refractivity contribution in [1.29, 1.82) is 0 Å². The van der Waals surface area contributed by atoms with Crippen molar-refractivity contribution in [2.24, 2.45) is 5.92 Å². The van der Waals surface area contributed by atoms with Crippen molar-refractivity contribution in [2.45, 2.75) is 43.5 Å². The van der Waals surface area contributed by atoms with E-state index >= 15 is 0 Å². The molecule has 3 aromatic rings. The average Bonchev–Trinajstić information content (AvgIpc) is 3.32. The minimum absolute atomic E-state index is 0.0870. The van der Waals surface area contributed by atoms with Crippen LogP contribution in [-0.4, -0.2) is 23.2 Å². The maximum Gasteiger partial charge on any atom is 0.250 e. The van der Waals surface area contributed by atoms with Crippen LogP contribution in [0.15, 0.2) is 53.0 Å². The van der Waals surface area contributed by atoms with Gasteiger partial charge in [-0.25, -0.2) is 18.1 Å². The van der Waals surface area contributed by atoms with Gasteiger partial charge in [0, 0.05) is 0 Å². The monoisotopic (exact) mass is 438 g/mol. The van der Waals surface area contributed by atoms with Gasteiger partial charge >= 0.3 is 0 Å². The number of benzene rings is 1. The van der Waals surface area contributed by atoms with Crippen LogP contribution in [0.5, 0.6) is 0 Å². The summed E-state index contributed by atoms with van der Waals surface area (Å²) in [5, 5.41) is 4.34. The van der Waals surface area contributed by atoms with E-state index in [1.165, 1.54) is 12.4 Å². The van der Waals surface area contributed by atoms with Crippen molar-refractivity contribution in [3.63, 3.8) is 0 Å². The largest absolute Gasteiger partial charge is 0.250 e. The SMILES string of the molecule is CCC(CC)C(NS(=O)(=O)c1ccc(Cl)s1)c1ncnn1Cc1ccccc1. The quantitative estimate of drug-likeness (QED) is 0.533. The predicted octanol–water partition coefficient (Wildman–Crippen LogP) is 4.50. The Morgan fingerprint density at radius 1 is 1.14 bits per heavy atom. The lowest BCUT2D eigenvalue weighted by Crippen LogP contribution is -2.35. The molecule has 2 heterocycles. The van der Waals surface area contributed by atoms with E-state index in [2.05, 4.69) is 28.7 Å². The van der Waals surface area contributed by atoms with E-state index in [0.29, 0.717) is 16.7 Å². The lowest BCUT2D eigenvalue weighted by molar-refractivity contribution is 0.353. The number of hydrogen-bond donors (Lipinski definition) is 1. The molecule has 3 rings (SSSR count). The van der Waals surface area contributed by atoms with Crippen LogP contribution in [0.25, 0.3) is 0 Å². The van der Waals surface area contributed by atoms with E-state index in [-0.39, 0.29) is 10.1 Å². The summed E-state index contributed by atoms with van der Waals surface area (Å²) in [7, 11) is -3.72. The number of halogens is 1. The molecule has 28 heavy (non-hydrogen) atoms. The third-order valence-corrected chi connectivity index (χ3v) is 7.88. The van der Waals surface area contributed by atoms with E-state index in [0.717, 1.165) is 29.7 Å². The third kappa shape index (κ3) is 4.81. The molecule has 6 nitrogen and oxygen atoms in total. The van der Waals surface area contributed by atoms with Gasteiger partial charge < -0.3 is 0 Å². The number of aromatic nitrogens is 3. The molecule has 1 atom stereocenters. The van der Waals surface area contributed by atoms with Gasteiger partial charge in [-0.2, -0.15) is 9.82 Å². The van der Waals surface area contributed by atoms with Gasteiger partial charge in [0.05, 0.1) is 16.9 Å². The van der Waals surface area contributed by atoms with Crippen LogP contribution in [0.4, 0.5) is 0 Å². The Morgan fingerprint density at radius 2 is 1.86 bits per heavy atom. The van der Waals surface area contributed by atoms with Crippen molar-refractivity contribution in [3.05, 3.63) is 64.5 Å². The first kappa shape index (κ1) is 21.0. The van der Waals surface area contributed by atoms with Gasteiger partial charge in [-0.1, -0.05) is 68.6 Å². The molecule has 0 aliphatic rings. The van der Waals surface area contributed by atoms with Crippen LogP contribution < -0.4 is 4.72 Å². The molecule has 0 aliphatic carbocycles.